The van der Waals surface area contributed by atoms with Crippen molar-refractivity contribution >= 4 is 23.4 Å². The predicted octanol–water partition coefficient (Wildman–Crippen LogP) is 4.88. The molecule has 3 aliphatic heterocycles. The third kappa shape index (κ3) is 5.24. The summed E-state index contributed by atoms with van der Waals surface area (Å²) in [7, 11) is 0. The van der Waals surface area contributed by atoms with E-state index in [0.29, 0.717) is 22.5 Å². The Bertz CT molecular complexity index is 1010. The van der Waals surface area contributed by atoms with E-state index in [4.69, 9.17) is 16.6 Å². The normalized spacial score (nSPS) is 21.6. The number of aromatic nitrogens is 1. The summed E-state index contributed by atoms with van der Waals surface area (Å²) in [6.07, 6.45) is 7.85. The molecule has 1 unspecified atom stereocenters. The number of hydrogen-bond donors (Lipinski definition) is 2. The van der Waals surface area contributed by atoms with Crippen LogP contribution in [0.2, 0.25) is 5.02 Å². The van der Waals surface area contributed by atoms with E-state index in [-0.39, 0.29) is 1.43 Å². The molecule has 0 saturated carbocycles. The zero-order valence-electron chi connectivity index (χ0n) is 19.8. The molecule has 34 heavy (non-hydrogen) atoms. The summed E-state index contributed by atoms with van der Waals surface area (Å²) in [4.78, 5) is 21.7. The van der Waals surface area contributed by atoms with E-state index in [1.54, 1.807) is 6.07 Å². The van der Waals surface area contributed by atoms with Crippen LogP contribution in [0.4, 0.5) is 5.82 Å². The maximum absolute atomic E-state index is 12.1. The van der Waals surface area contributed by atoms with E-state index in [2.05, 4.69) is 27.2 Å². The lowest BCUT2D eigenvalue weighted by atomic mass is 9.89. The van der Waals surface area contributed by atoms with Crippen molar-refractivity contribution in [1.29, 1.82) is 0 Å². The number of aryl methyl sites for hydroxylation is 1. The van der Waals surface area contributed by atoms with Gasteiger partial charge in [-0.25, -0.2) is 4.98 Å². The summed E-state index contributed by atoms with van der Waals surface area (Å²) in [5.41, 5.74) is 3.27. The first-order valence-corrected chi connectivity index (χ1v) is 13.1. The number of hydrogen-bond acceptors (Lipinski definition) is 5. The number of benzene rings is 1. The van der Waals surface area contributed by atoms with Crippen LogP contribution in [0.15, 0.2) is 36.4 Å². The van der Waals surface area contributed by atoms with Crippen molar-refractivity contribution in [2.75, 3.05) is 38.0 Å². The summed E-state index contributed by atoms with van der Waals surface area (Å²) in [6.45, 7) is 4.88. The minimum atomic E-state index is -0.821. The molecule has 2 fully saturated rings. The summed E-state index contributed by atoms with van der Waals surface area (Å²) < 4.78 is 0. The molecule has 3 aliphatic rings. The molecule has 0 bridgehead atoms. The second-order valence-corrected chi connectivity index (χ2v) is 10.5. The van der Waals surface area contributed by atoms with Gasteiger partial charge in [0.15, 0.2) is 0 Å². The largest absolute Gasteiger partial charge is 0.480 e. The Hall–Kier alpha value is -2.15. The predicted molar refractivity (Wildman–Crippen MR) is 138 cm³/mol. The number of carboxylic acids is 1. The molecule has 0 aliphatic carbocycles. The molecule has 6 nitrogen and oxygen atoms in total. The van der Waals surface area contributed by atoms with Crippen molar-refractivity contribution in [1.82, 2.24) is 14.8 Å². The van der Waals surface area contributed by atoms with Crippen LogP contribution in [-0.4, -0.2) is 64.6 Å². The van der Waals surface area contributed by atoms with Crippen molar-refractivity contribution in [2.45, 2.75) is 57.0 Å². The van der Waals surface area contributed by atoms with Gasteiger partial charge in [-0.1, -0.05) is 35.9 Å². The van der Waals surface area contributed by atoms with Crippen LogP contribution in [0.5, 0.6) is 0 Å². The Morgan fingerprint density at radius 2 is 1.88 bits per heavy atom. The topological polar surface area (TPSA) is 68.7 Å². The van der Waals surface area contributed by atoms with E-state index >= 15 is 0 Å². The number of nitrogens with zero attached hydrogens (tertiary/aromatic N) is 3. The average molecular weight is 485 g/mol. The number of anilines is 1. The van der Waals surface area contributed by atoms with Gasteiger partial charge in [0.2, 0.25) is 0 Å². The molecule has 184 valence electrons. The number of rotatable bonds is 6. The molecule has 1 atom stereocenters. The number of aliphatic carboxylic acids is 1. The van der Waals surface area contributed by atoms with Crippen LogP contribution < -0.4 is 5.32 Å². The van der Waals surface area contributed by atoms with Crippen LogP contribution in [0, 0.1) is 5.92 Å². The van der Waals surface area contributed by atoms with E-state index < -0.39 is 12.0 Å². The smallest absolute Gasteiger partial charge is 0.325 e. The lowest BCUT2D eigenvalue weighted by Crippen LogP contribution is -2.49. The number of pyridine rings is 1. The third-order valence-corrected chi connectivity index (χ3v) is 8.26. The number of fused-ring (bicyclic) bond motifs is 1. The standard InChI is InChI=1S/C27H35ClN4O2.H2/c28-24-6-2-1-5-23(24)25(27(33)34)32-16-11-22(12-17-32)31-14-9-19(10-15-31)18-21-8-7-20-4-3-13-29-26(20)30-21;/h1-2,5-8,19,22,25H,3-4,9-18H2,(H,29,30)(H,33,34);1H. The zero-order chi connectivity index (χ0) is 23.5. The molecule has 1 aromatic heterocycles. The highest BCUT2D eigenvalue weighted by Gasteiger charge is 2.34. The van der Waals surface area contributed by atoms with Crippen molar-refractivity contribution in [3.05, 3.63) is 58.2 Å². The Kier molecular flexibility index (Phi) is 7.37. The van der Waals surface area contributed by atoms with Crippen LogP contribution >= 0.6 is 11.6 Å². The molecule has 1 aromatic carbocycles. The van der Waals surface area contributed by atoms with Crippen molar-refractivity contribution in [3.63, 3.8) is 0 Å². The number of nitrogens with one attached hydrogen (secondary N) is 1. The van der Waals surface area contributed by atoms with Gasteiger partial charge in [0.05, 0.1) is 0 Å². The molecule has 2 N–H and O–H groups in total. The van der Waals surface area contributed by atoms with Gasteiger partial charge < -0.3 is 15.3 Å². The van der Waals surface area contributed by atoms with Crippen molar-refractivity contribution < 1.29 is 11.3 Å². The summed E-state index contributed by atoms with van der Waals surface area (Å²) in [5.74, 6) is 0.977. The fourth-order valence-corrected chi connectivity index (χ4v) is 6.23. The fraction of sp³-hybridized carbons (Fsp3) is 0.556. The van der Waals surface area contributed by atoms with Gasteiger partial charge in [-0.2, -0.15) is 0 Å². The second-order valence-electron chi connectivity index (χ2n) is 10.1. The van der Waals surface area contributed by atoms with Crippen LogP contribution in [0.1, 0.15) is 56.4 Å². The summed E-state index contributed by atoms with van der Waals surface area (Å²) in [6, 6.07) is 11.7. The molecule has 0 amide bonds. The lowest BCUT2D eigenvalue weighted by Gasteiger charge is -2.43. The van der Waals surface area contributed by atoms with Gasteiger partial charge in [-0.3, -0.25) is 9.69 Å². The lowest BCUT2D eigenvalue weighted by molar-refractivity contribution is -0.144. The van der Waals surface area contributed by atoms with Gasteiger partial charge in [-0.15, -0.1) is 0 Å². The maximum atomic E-state index is 12.1. The first kappa shape index (κ1) is 23.6. The number of likely N-dealkylation sites (tertiary alicyclic amines) is 2. The van der Waals surface area contributed by atoms with Crippen molar-refractivity contribution in [3.8, 4) is 0 Å². The van der Waals surface area contributed by atoms with Crippen LogP contribution in [0.25, 0.3) is 0 Å². The first-order valence-electron chi connectivity index (χ1n) is 12.8. The number of carboxylic acid groups (broad SMARTS) is 1. The van der Waals surface area contributed by atoms with E-state index in [1.165, 1.54) is 30.5 Å². The minimum absolute atomic E-state index is 0. The maximum Gasteiger partial charge on any atom is 0.325 e. The number of halogens is 1. The average Bonchev–Trinajstić information content (AvgIpc) is 2.86. The van der Waals surface area contributed by atoms with Crippen LogP contribution in [-0.2, 0) is 17.6 Å². The summed E-state index contributed by atoms with van der Waals surface area (Å²) in [5, 5.41) is 13.9. The van der Waals surface area contributed by atoms with Gasteiger partial charge in [-0.05, 0) is 87.2 Å². The van der Waals surface area contributed by atoms with Gasteiger partial charge in [0.1, 0.15) is 11.9 Å². The molecular weight excluding hydrogens is 448 g/mol. The Balaban J connectivity index is 0.00000289. The monoisotopic (exact) mass is 484 g/mol. The van der Waals surface area contributed by atoms with Gasteiger partial charge >= 0.3 is 5.97 Å². The molecular formula is C27H37ClN4O2. The second kappa shape index (κ2) is 10.6. The highest BCUT2D eigenvalue weighted by Crippen LogP contribution is 2.32. The molecule has 2 aromatic rings. The van der Waals surface area contributed by atoms with Gasteiger partial charge in [0.25, 0.3) is 0 Å². The molecule has 5 rings (SSSR count). The van der Waals surface area contributed by atoms with Gasteiger partial charge in [0, 0.05) is 37.8 Å². The Morgan fingerprint density at radius 1 is 1.12 bits per heavy atom. The molecule has 2 saturated heterocycles. The number of carbonyl (C=O) groups is 1. The number of piperidine rings is 2. The SMILES string of the molecule is O=C(O)C(c1ccccc1Cl)N1CCC(N2CCC(Cc3ccc4c(n3)NCCC4)CC2)CC1.[HH]. The van der Waals surface area contributed by atoms with Crippen molar-refractivity contribution in [2.24, 2.45) is 5.92 Å². The van der Waals surface area contributed by atoms with E-state index in [0.717, 1.165) is 64.2 Å². The fourth-order valence-electron chi connectivity index (χ4n) is 5.99. The zero-order valence-corrected chi connectivity index (χ0v) is 20.5. The quantitative estimate of drug-likeness (QED) is 0.608. The van der Waals surface area contributed by atoms with E-state index in [9.17, 15) is 9.90 Å². The molecule has 0 spiro atoms. The first-order chi connectivity index (χ1) is 16.6. The Morgan fingerprint density at radius 3 is 2.62 bits per heavy atom. The highest BCUT2D eigenvalue weighted by atomic mass is 35.5. The van der Waals surface area contributed by atoms with Crippen LogP contribution in [0.3, 0.4) is 0 Å². The third-order valence-electron chi connectivity index (χ3n) is 7.91. The minimum Gasteiger partial charge on any atom is -0.480 e. The molecule has 4 heterocycles. The summed E-state index contributed by atoms with van der Waals surface area (Å²) >= 11 is 6.33. The molecule has 7 heteroatoms. The Labute approximate surface area is 208 Å². The molecule has 0 radical (unpaired) electrons. The highest BCUT2D eigenvalue weighted by molar-refractivity contribution is 6.31. The van der Waals surface area contributed by atoms with E-state index in [1.807, 2.05) is 18.2 Å².